The van der Waals surface area contributed by atoms with E-state index in [9.17, 15) is 4.79 Å². The second-order valence-electron chi connectivity index (χ2n) is 5.06. The van der Waals surface area contributed by atoms with Crippen molar-refractivity contribution < 1.29 is 4.79 Å². The molecular weight excluding hydrogens is 226 g/mol. The number of benzene rings is 1. The molecule has 0 aromatic heterocycles. The normalized spacial score (nSPS) is 17.3. The summed E-state index contributed by atoms with van der Waals surface area (Å²) in [6, 6.07) is 9.49. The van der Waals surface area contributed by atoms with Crippen molar-refractivity contribution in [3.05, 3.63) is 35.9 Å². The van der Waals surface area contributed by atoms with Gasteiger partial charge in [-0.25, -0.2) is 5.84 Å². The fourth-order valence-corrected chi connectivity index (χ4v) is 2.51. The molecule has 1 aromatic carbocycles. The number of amides is 1. The van der Waals surface area contributed by atoms with Crippen LogP contribution in [0.5, 0.6) is 0 Å². The van der Waals surface area contributed by atoms with Gasteiger partial charge in [-0.1, -0.05) is 36.8 Å². The highest BCUT2D eigenvalue weighted by molar-refractivity contribution is 5.82. The quantitative estimate of drug-likeness (QED) is 0.470. The molecule has 1 saturated carbocycles. The van der Waals surface area contributed by atoms with Crippen LogP contribution in [0.4, 0.5) is 0 Å². The zero-order valence-electron chi connectivity index (χ0n) is 10.8. The third-order valence-electron chi connectivity index (χ3n) is 3.72. The first kappa shape index (κ1) is 13.1. The van der Waals surface area contributed by atoms with Crippen molar-refractivity contribution in [1.82, 2.24) is 10.3 Å². The van der Waals surface area contributed by atoms with Crippen molar-refractivity contribution in [2.45, 2.75) is 25.3 Å². The highest BCUT2D eigenvalue weighted by atomic mass is 16.2. The second-order valence-corrected chi connectivity index (χ2v) is 5.06. The Morgan fingerprint density at radius 1 is 1.44 bits per heavy atom. The average molecular weight is 247 g/mol. The molecule has 0 radical (unpaired) electrons. The van der Waals surface area contributed by atoms with Crippen LogP contribution in [-0.2, 0) is 4.79 Å². The standard InChI is InChI=1S/C14H21N3O/c1-17(10-11-6-5-7-11)13(14(18)16-15)12-8-3-2-4-9-12/h2-4,8-9,11,13H,5-7,10,15H2,1H3,(H,16,18). The molecule has 2 rings (SSSR count). The van der Waals surface area contributed by atoms with Crippen LogP contribution >= 0.6 is 0 Å². The number of hydrogen-bond donors (Lipinski definition) is 2. The van der Waals surface area contributed by atoms with Crippen molar-refractivity contribution in [3.8, 4) is 0 Å². The lowest BCUT2D eigenvalue weighted by Crippen LogP contribution is -2.43. The lowest BCUT2D eigenvalue weighted by atomic mass is 9.84. The van der Waals surface area contributed by atoms with Crippen LogP contribution in [-0.4, -0.2) is 24.4 Å². The molecular formula is C14H21N3O. The summed E-state index contributed by atoms with van der Waals surface area (Å²) in [6.45, 7) is 0.951. The highest BCUT2D eigenvalue weighted by Crippen LogP contribution is 2.29. The van der Waals surface area contributed by atoms with E-state index in [1.54, 1.807) is 0 Å². The van der Waals surface area contributed by atoms with Crippen molar-refractivity contribution in [2.24, 2.45) is 11.8 Å². The van der Waals surface area contributed by atoms with E-state index in [2.05, 4.69) is 10.3 Å². The molecule has 0 bridgehead atoms. The van der Waals surface area contributed by atoms with Crippen LogP contribution in [0.25, 0.3) is 0 Å². The van der Waals surface area contributed by atoms with Gasteiger partial charge >= 0.3 is 0 Å². The maximum atomic E-state index is 12.0. The Labute approximate surface area is 108 Å². The van der Waals surface area contributed by atoms with Crippen molar-refractivity contribution in [3.63, 3.8) is 0 Å². The lowest BCUT2D eigenvalue weighted by molar-refractivity contribution is -0.126. The Balaban J connectivity index is 2.11. The summed E-state index contributed by atoms with van der Waals surface area (Å²) in [5.74, 6) is 5.88. The van der Waals surface area contributed by atoms with Crippen molar-refractivity contribution >= 4 is 5.91 Å². The monoisotopic (exact) mass is 247 g/mol. The van der Waals surface area contributed by atoms with Crippen molar-refractivity contribution in [2.75, 3.05) is 13.6 Å². The van der Waals surface area contributed by atoms with E-state index in [0.717, 1.165) is 18.0 Å². The van der Waals surface area contributed by atoms with Gasteiger partial charge in [0.25, 0.3) is 5.91 Å². The summed E-state index contributed by atoms with van der Waals surface area (Å²) in [5, 5.41) is 0. The Kier molecular flexibility index (Phi) is 4.33. The number of rotatable bonds is 5. The Bertz CT molecular complexity index is 389. The smallest absolute Gasteiger partial charge is 0.255 e. The predicted octanol–water partition coefficient (Wildman–Crippen LogP) is 1.45. The number of hydrogen-bond acceptors (Lipinski definition) is 3. The highest BCUT2D eigenvalue weighted by Gasteiger charge is 2.28. The number of nitrogens with zero attached hydrogens (tertiary/aromatic N) is 1. The fourth-order valence-electron chi connectivity index (χ4n) is 2.51. The van der Waals surface area contributed by atoms with Gasteiger partial charge in [0, 0.05) is 6.54 Å². The summed E-state index contributed by atoms with van der Waals surface area (Å²) in [7, 11) is 1.99. The van der Waals surface area contributed by atoms with E-state index >= 15 is 0 Å². The number of hydrazine groups is 1. The van der Waals surface area contributed by atoms with Gasteiger partial charge in [-0.2, -0.15) is 0 Å². The zero-order valence-corrected chi connectivity index (χ0v) is 10.8. The number of likely N-dealkylation sites (N-methyl/N-ethyl adjacent to an activating group) is 1. The Morgan fingerprint density at radius 3 is 2.61 bits per heavy atom. The van der Waals surface area contributed by atoms with Gasteiger partial charge in [0.1, 0.15) is 6.04 Å². The molecule has 1 aliphatic rings. The molecule has 1 fully saturated rings. The third kappa shape index (κ3) is 2.89. The van der Waals surface area contributed by atoms with Gasteiger partial charge in [-0.05, 0) is 31.4 Å². The minimum atomic E-state index is -0.295. The second kappa shape index (κ2) is 5.98. The molecule has 18 heavy (non-hydrogen) atoms. The third-order valence-corrected chi connectivity index (χ3v) is 3.72. The van der Waals surface area contributed by atoms with Gasteiger partial charge in [0.15, 0.2) is 0 Å². The number of carbonyl (C=O) groups is 1. The minimum Gasteiger partial charge on any atom is -0.293 e. The summed E-state index contributed by atoms with van der Waals surface area (Å²) >= 11 is 0. The van der Waals surface area contributed by atoms with Crippen LogP contribution in [0.1, 0.15) is 30.9 Å². The van der Waals surface area contributed by atoms with E-state index in [1.165, 1.54) is 19.3 Å². The Morgan fingerprint density at radius 2 is 2.11 bits per heavy atom. The molecule has 1 aromatic rings. The molecule has 0 aliphatic heterocycles. The van der Waals surface area contributed by atoms with Gasteiger partial charge in [0.05, 0.1) is 0 Å². The van der Waals surface area contributed by atoms with Gasteiger partial charge in [0.2, 0.25) is 0 Å². The summed E-state index contributed by atoms with van der Waals surface area (Å²) in [6.07, 6.45) is 3.86. The molecule has 1 amide bonds. The summed E-state index contributed by atoms with van der Waals surface area (Å²) in [5.41, 5.74) is 3.26. The van der Waals surface area contributed by atoms with Crippen molar-refractivity contribution in [1.29, 1.82) is 0 Å². The van der Waals surface area contributed by atoms with Crippen LogP contribution < -0.4 is 11.3 Å². The first-order valence-electron chi connectivity index (χ1n) is 6.48. The van der Waals surface area contributed by atoms with Gasteiger partial charge in [-0.15, -0.1) is 0 Å². The summed E-state index contributed by atoms with van der Waals surface area (Å²) < 4.78 is 0. The maximum Gasteiger partial charge on any atom is 0.255 e. The molecule has 1 unspecified atom stereocenters. The van der Waals surface area contributed by atoms with Gasteiger partial charge in [-0.3, -0.25) is 15.1 Å². The first-order chi connectivity index (χ1) is 8.72. The van der Waals surface area contributed by atoms with Crippen LogP contribution in [0.3, 0.4) is 0 Å². The fraction of sp³-hybridized carbons (Fsp3) is 0.500. The van der Waals surface area contributed by atoms with Crippen LogP contribution in [0.15, 0.2) is 30.3 Å². The molecule has 0 spiro atoms. The number of nitrogens with one attached hydrogen (secondary N) is 1. The molecule has 4 heteroatoms. The summed E-state index contributed by atoms with van der Waals surface area (Å²) in [4.78, 5) is 14.1. The largest absolute Gasteiger partial charge is 0.293 e. The van der Waals surface area contributed by atoms with Gasteiger partial charge < -0.3 is 0 Å². The molecule has 0 heterocycles. The molecule has 1 aliphatic carbocycles. The topological polar surface area (TPSA) is 58.4 Å². The van der Waals surface area contributed by atoms with E-state index < -0.39 is 0 Å². The molecule has 0 saturated heterocycles. The lowest BCUT2D eigenvalue weighted by Gasteiger charge is -2.34. The molecule has 4 nitrogen and oxygen atoms in total. The van der Waals surface area contributed by atoms with E-state index in [1.807, 2.05) is 37.4 Å². The number of nitrogens with two attached hydrogens (primary N) is 1. The maximum absolute atomic E-state index is 12.0. The minimum absolute atomic E-state index is 0.150. The number of carbonyl (C=O) groups excluding carboxylic acids is 1. The van der Waals surface area contributed by atoms with E-state index in [-0.39, 0.29) is 11.9 Å². The molecule has 3 N–H and O–H groups in total. The van der Waals surface area contributed by atoms with E-state index in [0.29, 0.717) is 0 Å². The Hall–Kier alpha value is -1.39. The van der Waals surface area contributed by atoms with Crippen LogP contribution in [0, 0.1) is 5.92 Å². The predicted molar refractivity (Wildman–Crippen MR) is 71.5 cm³/mol. The average Bonchev–Trinajstić information content (AvgIpc) is 2.35. The molecule has 98 valence electrons. The zero-order chi connectivity index (χ0) is 13.0. The SMILES string of the molecule is CN(CC1CCC1)C(C(=O)NN)c1ccccc1. The van der Waals surface area contributed by atoms with E-state index in [4.69, 9.17) is 5.84 Å². The molecule has 1 atom stereocenters. The van der Waals surface area contributed by atoms with Crippen LogP contribution in [0.2, 0.25) is 0 Å². The first-order valence-corrected chi connectivity index (χ1v) is 6.48.